The van der Waals surface area contributed by atoms with E-state index < -0.39 is 0 Å². The van der Waals surface area contributed by atoms with Crippen LogP contribution in [0.3, 0.4) is 0 Å². The topological polar surface area (TPSA) is 29.4 Å². The summed E-state index contributed by atoms with van der Waals surface area (Å²) < 4.78 is 0. The van der Waals surface area contributed by atoms with E-state index in [0.717, 1.165) is 0 Å². The van der Waals surface area contributed by atoms with Gasteiger partial charge in [-0.1, -0.05) is 18.1 Å². The molecule has 0 spiro atoms. The van der Waals surface area contributed by atoms with Crippen molar-refractivity contribution in [2.45, 2.75) is 0 Å². The fourth-order valence-electron chi connectivity index (χ4n) is 0.742. The van der Waals surface area contributed by atoms with Crippen LogP contribution in [-0.2, 0) is 4.79 Å². The molecule has 0 amide bonds. The third-order valence-corrected chi connectivity index (χ3v) is 1.23. The SMILES string of the molecule is C#Cc1ccccc1N=C=O. The van der Waals surface area contributed by atoms with Crippen molar-refractivity contribution in [3.05, 3.63) is 29.8 Å². The number of benzene rings is 1. The summed E-state index contributed by atoms with van der Waals surface area (Å²) in [6, 6.07) is 6.94. The van der Waals surface area contributed by atoms with Gasteiger partial charge in [0.15, 0.2) is 0 Å². The summed E-state index contributed by atoms with van der Waals surface area (Å²) in [5, 5.41) is 0. The van der Waals surface area contributed by atoms with Crippen molar-refractivity contribution in [1.29, 1.82) is 0 Å². The highest BCUT2D eigenvalue weighted by Crippen LogP contribution is 2.15. The molecule has 2 nitrogen and oxygen atoms in total. The van der Waals surface area contributed by atoms with Crippen molar-refractivity contribution in [1.82, 2.24) is 0 Å². The van der Waals surface area contributed by atoms with Crippen LogP contribution in [0, 0.1) is 12.3 Å². The first-order valence-corrected chi connectivity index (χ1v) is 3.02. The summed E-state index contributed by atoms with van der Waals surface area (Å²) in [6.07, 6.45) is 6.58. The fraction of sp³-hybridized carbons (Fsp3) is 0. The molecule has 52 valence electrons. The summed E-state index contributed by atoms with van der Waals surface area (Å²) in [6.45, 7) is 0. The molecule has 11 heavy (non-hydrogen) atoms. The van der Waals surface area contributed by atoms with Gasteiger partial charge in [-0.15, -0.1) is 6.42 Å². The highest BCUT2D eigenvalue weighted by Gasteiger charge is 1.93. The number of isocyanates is 1. The Labute approximate surface area is 64.6 Å². The van der Waals surface area contributed by atoms with E-state index in [-0.39, 0.29) is 0 Å². The number of para-hydroxylation sites is 1. The van der Waals surface area contributed by atoms with E-state index >= 15 is 0 Å². The van der Waals surface area contributed by atoms with E-state index in [9.17, 15) is 4.79 Å². The van der Waals surface area contributed by atoms with Gasteiger partial charge >= 0.3 is 0 Å². The van der Waals surface area contributed by atoms with Crippen LogP contribution in [0.1, 0.15) is 5.56 Å². The summed E-state index contributed by atoms with van der Waals surface area (Å²) in [5.41, 5.74) is 1.10. The predicted molar refractivity (Wildman–Crippen MR) is 42.2 cm³/mol. The maximum absolute atomic E-state index is 9.88. The van der Waals surface area contributed by atoms with Gasteiger partial charge in [0.25, 0.3) is 0 Å². The third-order valence-electron chi connectivity index (χ3n) is 1.23. The molecule has 0 aromatic heterocycles. The van der Waals surface area contributed by atoms with Crippen molar-refractivity contribution < 1.29 is 4.79 Å². The van der Waals surface area contributed by atoms with E-state index in [2.05, 4.69) is 10.9 Å². The van der Waals surface area contributed by atoms with E-state index in [1.165, 1.54) is 6.08 Å². The van der Waals surface area contributed by atoms with Crippen molar-refractivity contribution in [3.63, 3.8) is 0 Å². The van der Waals surface area contributed by atoms with E-state index in [1.807, 2.05) is 0 Å². The van der Waals surface area contributed by atoms with Crippen LogP contribution in [0.25, 0.3) is 0 Å². The molecule has 0 aliphatic carbocycles. The zero-order valence-corrected chi connectivity index (χ0v) is 5.74. The number of rotatable bonds is 1. The molecule has 0 unspecified atom stereocenters. The monoisotopic (exact) mass is 143 g/mol. The van der Waals surface area contributed by atoms with E-state index in [0.29, 0.717) is 11.3 Å². The first-order valence-electron chi connectivity index (χ1n) is 3.02. The standard InChI is InChI=1S/C9H5NO/c1-2-8-5-3-4-6-9(8)10-7-11/h1,3-6H. The highest BCUT2D eigenvalue weighted by atomic mass is 16.1. The first kappa shape index (κ1) is 7.27. The number of aliphatic imine (C=N–C) groups is 1. The smallest absolute Gasteiger partial charge is 0.211 e. The number of hydrogen-bond acceptors (Lipinski definition) is 2. The molecule has 0 fully saturated rings. The predicted octanol–water partition coefficient (Wildman–Crippen LogP) is 1.64. The molecule has 1 aromatic carbocycles. The lowest BCUT2D eigenvalue weighted by molar-refractivity contribution is 0.565. The quantitative estimate of drug-likeness (QED) is 0.334. The summed E-state index contributed by atoms with van der Waals surface area (Å²) in [4.78, 5) is 13.3. The summed E-state index contributed by atoms with van der Waals surface area (Å²) in [5.74, 6) is 2.41. The largest absolute Gasteiger partial charge is 0.240 e. The van der Waals surface area contributed by atoms with Crippen LogP contribution in [0.2, 0.25) is 0 Å². The zero-order chi connectivity index (χ0) is 8.10. The Morgan fingerprint density at radius 2 is 2.09 bits per heavy atom. The number of hydrogen-bond donors (Lipinski definition) is 0. The third kappa shape index (κ3) is 1.54. The molecular formula is C9H5NO. The zero-order valence-electron chi connectivity index (χ0n) is 5.74. The van der Waals surface area contributed by atoms with Crippen molar-refractivity contribution in [2.75, 3.05) is 0 Å². The van der Waals surface area contributed by atoms with Crippen LogP contribution in [-0.4, -0.2) is 6.08 Å². The normalized spacial score (nSPS) is 7.91. The average Bonchev–Trinajstić information content (AvgIpc) is 2.06. The summed E-state index contributed by atoms with van der Waals surface area (Å²) >= 11 is 0. The molecule has 0 aliphatic heterocycles. The highest BCUT2D eigenvalue weighted by molar-refractivity contribution is 5.58. The molecular weight excluding hydrogens is 138 g/mol. The Kier molecular flexibility index (Phi) is 2.22. The van der Waals surface area contributed by atoms with Crippen LogP contribution < -0.4 is 0 Å². The molecule has 0 heterocycles. The molecule has 0 saturated carbocycles. The first-order chi connectivity index (χ1) is 5.38. The number of carbonyl (C=O) groups excluding carboxylic acids is 1. The molecule has 2 heteroatoms. The van der Waals surface area contributed by atoms with Gasteiger partial charge in [-0.05, 0) is 12.1 Å². The van der Waals surface area contributed by atoms with Gasteiger partial charge in [-0.2, -0.15) is 4.99 Å². The molecule has 0 radical (unpaired) electrons. The Balaban J connectivity index is 3.25. The average molecular weight is 143 g/mol. The minimum atomic E-state index is 0.491. The van der Waals surface area contributed by atoms with Crippen LogP contribution in [0.4, 0.5) is 5.69 Å². The Morgan fingerprint density at radius 1 is 1.36 bits per heavy atom. The molecule has 0 atom stereocenters. The lowest BCUT2D eigenvalue weighted by Gasteiger charge is -1.92. The lowest BCUT2D eigenvalue weighted by Crippen LogP contribution is -1.72. The van der Waals surface area contributed by atoms with Crippen molar-refractivity contribution in [3.8, 4) is 12.3 Å². The maximum atomic E-state index is 9.88. The molecule has 0 saturated heterocycles. The van der Waals surface area contributed by atoms with Gasteiger partial charge < -0.3 is 0 Å². The van der Waals surface area contributed by atoms with Crippen LogP contribution in [0.15, 0.2) is 29.3 Å². The van der Waals surface area contributed by atoms with Crippen LogP contribution in [0.5, 0.6) is 0 Å². The van der Waals surface area contributed by atoms with Crippen LogP contribution >= 0.6 is 0 Å². The minimum Gasteiger partial charge on any atom is -0.211 e. The van der Waals surface area contributed by atoms with Gasteiger partial charge in [-0.25, -0.2) is 4.79 Å². The van der Waals surface area contributed by atoms with Crippen molar-refractivity contribution >= 4 is 11.8 Å². The Bertz CT molecular complexity index is 343. The van der Waals surface area contributed by atoms with E-state index in [1.54, 1.807) is 24.3 Å². The van der Waals surface area contributed by atoms with Gasteiger partial charge in [0.05, 0.1) is 11.3 Å². The van der Waals surface area contributed by atoms with Gasteiger partial charge in [0.1, 0.15) is 0 Å². The number of terminal acetylenes is 1. The van der Waals surface area contributed by atoms with Gasteiger partial charge in [0, 0.05) is 0 Å². The lowest BCUT2D eigenvalue weighted by atomic mass is 10.2. The Hall–Kier alpha value is -1.84. The second-order valence-electron chi connectivity index (χ2n) is 1.86. The number of nitrogens with zero attached hydrogens (tertiary/aromatic N) is 1. The second kappa shape index (κ2) is 3.36. The molecule has 0 aliphatic rings. The fourth-order valence-corrected chi connectivity index (χ4v) is 0.742. The van der Waals surface area contributed by atoms with Crippen molar-refractivity contribution in [2.24, 2.45) is 4.99 Å². The molecule has 1 aromatic rings. The van der Waals surface area contributed by atoms with Gasteiger partial charge in [0.2, 0.25) is 6.08 Å². The minimum absolute atomic E-state index is 0.491. The maximum Gasteiger partial charge on any atom is 0.240 e. The summed E-state index contributed by atoms with van der Waals surface area (Å²) in [7, 11) is 0. The Morgan fingerprint density at radius 3 is 2.73 bits per heavy atom. The van der Waals surface area contributed by atoms with E-state index in [4.69, 9.17) is 6.42 Å². The molecule has 0 bridgehead atoms. The molecule has 1 rings (SSSR count). The van der Waals surface area contributed by atoms with Gasteiger partial charge in [-0.3, -0.25) is 0 Å². The second-order valence-corrected chi connectivity index (χ2v) is 1.86. The molecule has 0 N–H and O–H groups in total.